The number of aryl methyl sites for hydroxylation is 2. The van der Waals surface area contributed by atoms with E-state index in [0.717, 1.165) is 45.2 Å². The molecule has 2 heteroatoms. The fourth-order valence-corrected chi connectivity index (χ4v) is 10.2. The van der Waals surface area contributed by atoms with Crippen LogP contribution in [0.2, 0.25) is 0 Å². The van der Waals surface area contributed by atoms with Crippen LogP contribution in [0.15, 0.2) is 133 Å². The van der Waals surface area contributed by atoms with Crippen LogP contribution in [-0.4, -0.2) is 0 Å². The van der Waals surface area contributed by atoms with E-state index in [4.69, 9.17) is 0 Å². The number of hydrogen-bond acceptors (Lipinski definition) is 0. The summed E-state index contributed by atoms with van der Waals surface area (Å²) in [4.78, 5) is 0. The minimum absolute atomic E-state index is 0.160. The van der Waals surface area contributed by atoms with Crippen LogP contribution in [0.25, 0.3) is 44.5 Å². The van der Waals surface area contributed by atoms with Crippen molar-refractivity contribution in [3.8, 4) is 44.5 Å². The molecule has 0 radical (unpaired) electrons. The van der Waals surface area contributed by atoms with Gasteiger partial charge in [0.2, 0.25) is 0 Å². The van der Waals surface area contributed by atoms with Crippen molar-refractivity contribution in [2.24, 2.45) is 11.8 Å². The Morgan fingerprint density at radius 3 is 1.02 bits per heavy atom. The first kappa shape index (κ1) is 45.2. The van der Waals surface area contributed by atoms with E-state index in [1.807, 2.05) is 86.6 Å². The number of rotatable bonds is 14. The molecule has 0 atom stereocenters. The van der Waals surface area contributed by atoms with E-state index < -0.39 is 0 Å². The molecule has 0 spiro atoms. The Morgan fingerprint density at radius 2 is 0.694 bits per heavy atom. The lowest BCUT2D eigenvalue weighted by Crippen LogP contribution is -2.13. The van der Waals surface area contributed by atoms with E-state index >= 15 is 0 Å². The van der Waals surface area contributed by atoms with Crippen LogP contribution in [0.4, 0.5) is 8.78 Å². The topological polar surface area (TPSA) is 0 Å². The van der Waals surface area contributed by atoms with Crippen molar-refractivity contribution in [1.29, 1.82) is 0 Å². The summed E-state index contributed by atoms with van der Waals surface area (Å²) in [7, 11) is 0. The molecule has 0 bridgehead atoms. The second kappa shape index (κ2) is 22.5. The normalized spacial score (nSPS) is 18.8. The van der Waals surface area contributed by atoms with Gasteiger partial charge in [0.25, 0.3) is 0 Å². The van der Waals surface area contributed by atoms with Crippen LogP contribution in [0.3, 0.4) is 0 Å². The third-order valence-corrected chi connectivity index (χ3v) is 14.2. The van der Waals surface area contributed by atoms with Crippen LogP contribution in [0.1, 0.15) is 151 Å². The molecule has 0 aliphatic heterocycles. The van der Waals surface area contributed by atoms with Gasteiger partial charge in [-0.3, -0.25) is 0 Å². The number of unbranched alkanes of at least 4 members (excludes halogenated alkanes) is 4. The molecule has 0 saturated heterocycles. The Kier molecular flexibility index (Phi) is 16.4. The minimum Gasteiger partial charge on any atom is -0.206 e. The van der Waals surface area contributed by atoms with Gasteiger partial charge in [-0.05, 0) is 146 Å². The molecule has 2 saturated carbocycles. The van der Waals surface area contributed by atoms with Crippen molar-refractivity contribution in [1.82, 2.24) is 0 Å². The average Bonchev–Trinajstić information content (AvgIpc) is 3.31. The summed E-state index contributed by atoms with van der Waals surface area (Å²) in [5, 5.41) is 0. The summed E-state index contributed by atoms with van der Waals surface area (Å²) in [5.74, 6) is 2.95. The molecule has 2 aliphatic carbocycles. The first-order valence-corrected chi connectivity index (χ1v) is 24.2. The van der Waals surface area contributed by atoms with E-state index in [-0.39, 0.29) is 11.6 Å². The molecule has 62 heavy (non-hydrogen) atoms. The molecule has 2 aliphatic rings. The van der Waals surface area contributed by atoms with Crippen molar-refractivity contribution >= 4 is 0 Å². The molecule has 0 aromatic heterocycles. The summed E-state index contributed by atoms with van der Waals surface area (Å²) < 4.78 is 29.7. The predicted octanol–water partition coefficient (Wildman–Crippen LogP) is 18.6. The maximum Gasteiger partial charge on any atom is 0.131 e. The van der Waals surface area contributed by atoms with E-state index in [0.29, 0.717) is 23.0 Å². The zero-order chi connectivity index (χ0) is 43.3. The van der Waals surface area contributed by atoms with Crippen LogP contribution < -0.4 is 0 Å². The molecule has 6 aromatic rings. The lowest BCUT2D eigenvalue weighted by molar-refractivity contribution is 0.303. The smallest absolute Gasteiger partial charge is 0.131 e. The number of benzene rings is 6. The Bertz CT molecular complexity index is 2090. The second-order valence-corrected chi connectivity index (χ2v) is 18.8. The van der Waals surface area contributed by atoms with Gasteiger partial charge >= 0.3 is 0 Å². The van der Waals surface area contributed by atoms with Crippen LogP contribution in [-0.2, 0) is 0 Å². The van der Waals surface area contributed by atoms with Gasteiger partial charge in [-0.1, -0.05) is 198 Å². The molecule has 0 N–H and O–H groups in total. The van der Waals surface area contributed by atoms with E-state index in [1.54, 1.807) is 12.1 Å². The largest absolute Gasteiger partial charge is 0.206 e. The van der Waals surface area contributed by atoms with Crippen molar-refractivity contribution in [2.75, 3.05) is 0 Å². The molecule has 0 amide bonds. The van der Waals surface area contributed by atoms with Gasteiger partial charge in [0.05, 0.1) is 0 Å². The molecule has 6 aromatic carbocycles. The number of hydrogen-bond donors (Lipinski definition) is 0. The summed E-state index contributed by atoms with van der Waals surface area (Å²) in [5.41, 5.74) is 12.5. The summed E-state index contributed by atoms with van der Waals surface area (Å²) in [6, 6.07) is 45.0. The van der Waals surface area contributed by atoms with Gasteiger partial charge in [-0.25, -0.2) is 8.78 Å². The second-order valence-electron chi connectivity index (χ2n) is 18.8. The third kappa shape index (κ3) is 12.2. The van der Waals surface area contributed by atoms with Crippen molar-refractivity contribution < 1.29 is 8.78 Å². The number of halogens is 2. The van der Waals surface area contributed by atoms with Gasteiger partial charge in [0.1, 0.15) is 11.6 Å². The highest BCUT2D eigenvalue weighted by molar-refractivity contribution is 5.72. The minimum atomic E-state index is -0.160. The SMILES string of the molecule is CCCCCC1CCC(c2ccc(-c3ccc(-c4ccc(C)cc4)c(F)c3)cc2)CC1.CCCCCC1CCC(c2ccc(-c3ccc(-c4ccc(C)cc4)c(F)c3)cc2)CC1. The molecule has 2 fully saturated rings. The lowest BCUT2D eigenvalue weighted by atomic mass is 9.77. The zero-order valence-electron chi connectivity index (χ0n) is 38.1. The Hall–Kier alpha value is -4.82. The quantitative estimate of drug-likeness (QED) is 0.0960. The predicted molar refractivity (Wildman–Crippen MR) is 262 cm³/mol. The fraction of sp³-hybridized carbons (Fsp3) is 0.400. The highest BCUT2D eigenvalue weighted by Crippen LogP contribution is 2.40. The van der Waals surface area contributed by atoms with E-state index in [2.05, 4.69) is 62.4 Å². The van der Waals surface area contributed by atoms with Crippen LogP contribution in [0, 0.1) is 37.3 Å². The Balaban J connectivity index is 0.000000186. The monoisotopic (exact) mass is 829 g/mol. The average molecular weight is 829 g/mol. The summed E-state index contributed by atoms with van der Waals surface area (Å²) in [6.45, 7) is 8.67. The molecule has 0 nitrogen and oxygen atoms in total. The van der Waals surface area contributed by atoms with Gasteiger partial charge in [0, 0.05) is 11.1 Å². The molecular weight excluding hydrogens is 759 g/mol. The Morgan fingerprint density at radius 1 is 0.371 bits per heavy atom. The zero-order valence-corrected chi connectivity index (χ0v) is 38.1. The molecule has 0 unspecified atom stereocenters. The van der Waals surface area contributed by atoms with Gasteiger partial charge in [-0.15, -0.1) is 0 Å². The van der Waals surface area contributed by atoms with E-state index in [9.17, 15) is 8.78 Å². The maximum absolute atomic E-state index is 14.8. The molecule has 0 heterocycles. The molecular formula is C60H70F2. The van der Waals surface area contributed by atoms with Crippen molar-refractivity contribution in [2.45, 2.75) is 142 Å². The standard InChI is InChI=1S/2C30H35F/c2*1-3-4-5-6-23-9-13-24(14-10-23)25-15-17-26(18-16-25)28-19-20-29(30(31)21-28)27-11-7-22(2)8-12-27/h2*7-8,11-12,15-21,23-24H,3-6,9-10,13-14H2,1-2H3. The van der Waals surface area contributed by atoms with E-state index in [1.165, 1.54) is 125 Å². The third-order valence-electron chi connectivity index (χ3n) is 14.2. The maximum atomic E-state index is 14.8. The molecule has 324 valence electrons. The summed E-state index contributed by atoms with van der Waals surface area (Å²) >= 11 is 0. The lowest BCUT2D eigenvalue weighted by Gasteiger charge is -2.29. The summed E-state index contributed by atoms with van der Waals surface area (Å²) in [6.07, 6.45) is 21.8. The van der Waals surface area contributed by atoms with Gasteiger partial charge < -0.3 is 0 Å². The molecule has 8 rings (SSSR count). The highest BCUT2D eigenvalue weighted by Gasteiger charge is 2.23. The van der Waals surface area contributed by atoms with Crippen molar-refractivity contribution in [3.05, 3.63) is 167 Å². The van der Waals surface area contributed by atoms with Crippen LogP contribution >= 0.6 is 0 Å². The fourth-order valence-electron chi connectivity index (χ4n) is 10.2. The highest BCUT2D eigenvalue weighted by atomic mass is 19.1. The van der Waals surface area contributed by atoms with Gasteiger partial charge in [0.15, 0.2) is 0 Å². The van der Waals surface area contributed by atoms with Crippen molar-refractivity contribution in [3.63, 3.8) is 0 Å². The van der Waals surface area contributed by atoms with Crippen LogP contribution in [0.5, 0.6) is 0 Å². The van der Waals surface area contributed by atoms with Gasteiger partial charge in [-0.2, -0.15) is 0 Å². The first-order chi connectivity index (χ1) is 30.3. The Labute approximate surface area is 373 Å². The first-order valence-electron chi connectivity index (χ1n) is 24.2.